The molecule has 0 heterocycles. The summed E-state index contributed by atoms with van der Waals surface area (Å²) in [5.41, 5.74) is 0. The minimum Gasteiger partial charge on any atom is 0 e. The van der Waals surface area contributed by atoms with Gasteiger partial charge in [0.1, 0.15) is 0 Å². The van der Waals surface area contributed by atoms with E-state index >= 15 is 0 Å². The zero-order valence-corrected chi connectivity index (χ0v) is 8.82. The van der Waals surface area contributed by atoms with Gasteiger partial charge in [-0.05, 0) is 0 Å². The second kappa shape index (κ2) is 3.20. The maximum absolute atomic E-state index is 8.94. The van der Waals surface area contributed by atoms with E-state index in [4.69, 9.17) is 16.0 Å². The Labute approximate surface area is 57.7 Å². The van der Waals surface area contributed by atoms with Crippen LogP contribution < -0.4 is 0 Å². The van der Waals surface area contributed by atoms with E-state index in [1.165, 1.54) is 0 Å². The summed E-state index contributed by atoms with van der Waals surface area (Å²) in [5.74, 6) is 0. The minimum atomic E-state index is -5.12. The molecule has 0 saturated heterocycles. The summed E-state index contributed by atoms with van der Waals surface area (Å²) in [6.45, 7) is 0. The molecule has 0 aromatic heterocycles. The molecule has 4 nitrogen and oxygen atoms in total. The first-order valence-corrected chi connectivity index (χ1v) is 4.07. The van der Waals surface area contributed by atoms with Crippen LogP contribution in [-0.2, 0) is 31.0 Å². The van der Waals surface area contributed by atoms with Crippen molar-refractivity contribution in [2.45, 2.75) is 0 Å². The maximum Gasteiger partial charge on any atom is 0 e. The Morgan fingerprint density at radius 1 is 1.17 bits per heavy atom. The van der Waals surface area contributed by atoms with Crippen LogP contribution in [0.4, 0.5) is 0 Å². The molecule has 0 rings (SSSR count). The summed E-state index contributed by atoms with van der Waals surface area (Å²) in [6, 6.07) is 0. The van der Waals surface area contributed by atoms with Crippen LogP contribution in [0.3, 0.4) is 0 Å². The molecule has 0 bridgehead atoms. The molecule has 0 spiro atoms. The Bertz CT molecular complexity index is 53.7. The SMILES string of the molecule is O=[As](O)(O)O.[Cd]. The third-order valence-electron chi connectivity index (χ3n) is 0. The summed E-state index contributed by atoms with van der Waals surface area (Å²) in [5, 5.41) is 0. The first-order valence-electron chi connectivity index (χ1n) is 0.783. The van der Waals surface area contributed by atoms with Gasteiger partial charge in [-0.15, -0.1) is 0 Å². The average Bonchev–Trinajstić information content (AvgIpc) is 0.722. The molecule has 0 aliphatic carbocycles. The quantitative estimate of drug-likeness (QED) is 0.430. The van der Waals surface area contributed by atoms with Crippen LogP contribution in [0.2, 0.25) is 0 Å². The summed E-state index contributed by atoms with van der Waals surface area (Å²) in [6.07, 6.45) is 0. The molecule has 0 radical (unpaired) electrons. The van der Waals surface area contributed by atoms with E-state index in [1.54, 1.807) is 0 Å². The molecular weight excluding hydrogens is 251 g/mol. The molecule has 6 heteroatoms. The van der Waals surface area contributed by atoms with E-state index in [0.717, 1.165) is 0 Å². The van der Waals surface area contributed by atoms with Crippen LogP contribution in [0, 0.1) is 0 Å². The van der Waals surface area contributed by atoms with Crippen LogP contribution >= 0.6 is 0 Å². The monoisotopic (exact) mass is 256 g/mol. The fraction of sp³-hybridized carbons (Fsp3) is 0. The second-order valence-electron chi connectivity index (χ2n) is 0.513. The topological polar surface area (TPSA) is 77.8 Å². The first kappa shape index (κ1) is 10.2. The average molecular weight is 254 g/mol. The predicted octanol–water partition coefficient (Wildman–Crippen LogP) is -2.17. The molecule has 0 aliphatic rings. The van der Waals surface area contributed by atoms with Gasteiger partial charge in [0.05, 0.1) is 0 Å². The van der Waals surface area contributed by atoms with Gasteiger partial charge in [-0.2, -0.15) is 0 Å². The van der Waals surface area contributed by atoms with Gasteiger partial charge >= 0.3 is 30.5 Å². The molecule has 0 atom stereocenters. The van der Waals surface area contributed by atoms with Crippen LogP contribution in [0.25, 0.3) is 0 Å². The van der Waals surface area contributed by atoms with Gasteiger partial charge in [-0.3, -0.25) is 0 Å². The summed E-state index contributed by atoms with van der Waals surface area (Å²) in [7, 11) is 0. The van der Waals surface area contributed by atoms with Gasteiger partial charge in [0.15, 0.2) is 0 Å². The van der Waals surface area contributed by atoms with Gasteiger partial charge in [0.2, 0.25) is 0 Å². The van der Waals surface area contributed by atoms with Gasteiger partial charge < -0.3 is 0 Å². The fourth-order valence-electron chi connectivity index (χ4n) is 0. The van der Waals surface area contributed by atoms with Crippen molar-refractivity contribution in [2.75, 3.05) is 0 Å². The molecule has 0 fully saturated rings. The standard InChI is InChI=1S/AsH3O4.Cd/c2-1(3,4)5;/h(H3,2,3,4,5);. The third-order valence-corrected chi connectivity index (χ3v) is 0. The maximum atomic E-state index is 8.94. The molecule has 0 amide bonds. The molecule has 6 heavy (non-hydrogen) atoms. The molecule has 0 aromatic carbocycles. The Kier molecular flexibility index (Phi) is 5.44. The van der Waals surface area contributed by atoms with Crippen molar-refractivity contribution in [3.8, 4) is 0 Å². The number of hydrogen-bond acceptors (Lipinski definition) is 1. The van der Waals surface area contributed by atoms with Crippen molar-refractivity contribution in [3.05, 3.63) is 0 Å². The van der Waals surface area contributed by atoms with Gasteiger partial charge in [0, 0.05) is 27.3 Å². The van der Waals surface area contributed by atoms with Crippen LogP contribution in [0.5, 0.6) is 0 Å². The van der Waals surface area contributed by atoms with Crippen molar-refractivity contribution in [1.82, 2.24) is 0 Å². The van der Waals surface area contributed by atoms with Crippen molar-refractivity contribution in [3.63, 3.8) is 0 Å². The van der Waals surface area contributed by atoms with Crippen molar-refractivity contribution >= 4 is 14.5 Å². The number of hydrogen-bond donors (Lipinski definition) is 3. The van der Waals surface area contributed by atoms with E-state index in [0.29, 0.717) is 0 Å². The molecule has 0 unspecified atom stereocenters. The van der Waals surface area contributed by atoms with Crippen molar-refractivity contribution in [2.24, 2.45) is 0 Å². The zero-order valence-electron chi connectivity index (χ0n) is 2.90. The molecular formula is H3AsCdO4. The summed E-state index contributed by atoms with van der Waals surface area (Å²) >= 11 is -5.12. The molecule has 0 aromatic rings. The fourth-order valence-corrected chi connectivity index (χ4v) is 0. The van der Waals surface area contributed by atoms with Crippen molar-refractivity contribution in [1.29, 1.82) is 0 Å². The Morgan fingerprint density at radius 3 is 1.17 bits per heavy atom. The summed E-state index contributed by atoms with van der Waals surface area (Å²) < 4.78 is 30.7. The molecule has 3 N–H and O–H groups in total. The van der Waals surface area contributed by atoms with E-state index in [-0.39, 0.29) is 27.3 Å². The van der Waals surface area contributed by atoms with E-state index in [9.17, 15) is 0 Å². The molecule has 34 valence electrons. The van der Waals surface area contributed by atoms with E-state index < -0.39 is 14.5 Å². The Morgan fingerprint density at radius 2 is 1.17 bits per heavy atom. The van der Waals surface area contributed by atoms with E-state index in [1.807, 2.05) is 0 Å². The zero-order chi connectivity index (χ0) is 4.50. The smallest absolute Gasteiger partial charge is 0 e. The van der Waals surface area contributed by atoms with Crippen LogP contribution in [0.15, 0.2) is 0 Å². The first-order chi connectivity index (χ1) is 2.00. The third kappa shape index (κ3) is 66.3. The van der Waals surface area contributed by atoms with Gasteiger partial charge in [-0.25, -0.2) is 0 Å². The van der Waals surface area contributed by atoms with Gasteiger partial charge in [-0.1, -0.05) is 0 Å². The molecule has 0 aliphatic heterocycles. The normalized spacial score (nSPS) is 9.83. The van der Waals surface area contributed by atoms with Gasteiger partial charge in [0.25, 0.3) is 0 Å². The minimum absolute atomic E-state index is 0. The predicted molar refractivity (Wildman–Crippen MR) is 13.1 cm³/mol. The van der Waals surface area contributed by atoms with Crippen molar-refractivity contribution < 1.29 is 43.3 Å². The largest absolute Gasteiger partial charge is 0 e. The summed E-state index contributed by atoms with van der Waals surface area (Å²) in [4.78, 5) is 0. The Balaban J connectivity index is 0. The Hall–Kier alpha value is 1.16. The second-order valence-corrected chi connectivity index (χ2v) is 2.67. The van der Waals surface area contributed by atoms with Crippen LogP contribution in [-0.4, -0.2) is 26.8 Å². The van der Waals surface area contributed by atoms with Crippen LogP contribution in [0.1, 0.15) is 0 Å². The number of rotatable bonds is 0. The molecule has 0 saturated carbocycles. The van der Waals surface area contributed by atoms with E-state index in [2.05, 4.69) is 0 Å².